The van der Waals surface area contributed by atoms with Crippen molar-refractivity contribution in [2.75, 3.05) is 7.11 Å². The smallest absolute Gasteiger partial charge is 0.375 e. The van der Waals surface area contributed by atoms with Gasteiger partial charge in [-0.1, -0.05) is 0 Å². The van der Waals surface area contributed by atoms with Crippen LogP contribution in [0, 0.1) is 5.82 Å². The largest absolute Gasteiger partial charge is 0.494 e. The molecule has 106 valence electrons. The van der Waals surface area contributed by atoms with Crippen LogP contribution in [0.25, 0.3) is 16.9 Å². The average molecular weight is 288 g/mol. The van der Waals surface area contributed by atoms with E-state index in [1.807, 2.05) is 0 Å². The first kappa shape index (κ1) is 13.0. The number of methoxy groups -OCH3 is 1. The number of rotatable bonds is 3. The Kier molecular flexibility index (Phi) is 2.98. The van der Waals surface area contributed by atoms with Crippen LogP contribution in [0.15, 0.2) is 30.6 Å². The summed E-state index contributed by atoms with van der Waals surface area (Å²) in [6, 6.07) is 4.31. The van der Waals surface area contributed by atoms with Gasteiger partial charge in [-0.2, -0.15) is 4.98 Å². The van der Waals surface area contributed by atoms with Crippen LogP contribution in [-0.2, 0) is 0 Å². The van der Waals surface area contributed by atoms with Gasteiger partial charge < -0.3 is 9.84 Å². The summed E-state index contributed by atoms with van der Waals surface area (Å²) in [5, 5.41) is 12.7. The Morgan fingerprint density at radius 3 is 2.95 bits per heavy atom. The molecule has 0 aliphatic heterocycles. The fourth-order valence-corrected chi connectivity index (χ4v) is 1.85. The lowest BCUT2D eigenvalue weighted by Crippen LogP contribution is -1.99. The van der Waals surface area contributed by atoms with Crippen LogP contribution in [0.2, 0.25) is 0 Å². The van der Waals surface area contributed by atoms with E-state index in [-0.39, 0.29) is 11.6 Å². The van der Waals surface area contributed by atoms with Gasteiger partial charge in [-0.3, -0.25) is 4.98 Å². The van der Waals surface area contributed by atoms with Crippen LogP contribution in [-0.4, -0.2) is 37.8 Å². The molecule has 0 aliphatic rings. The first-order chi connectivity index (χ1) is 10.1. The third-order valence-electron chi connectivity index (χ3n) is 2.86. The average Bonchev–Trinajstić information content (AvgIpc) is 2.91. The molecule has 0 spiro atoms. The predicted molar refractivity (Wildman–Crippen MR) is 69.7 cm³/mol. The maximum Gasteiger partial charge on any atom is 0.375 e. The minimum absolute atomic E-state index is 0.0965. The fraction of sp³-hybridized carbons (Fsp3) is 0.0769. The molecule has 0 unspecified atom stereocenters. The zero-order valence-electron chi connectivity index (χ0n) is 10.8. The van der Waals surface area contributed by atoms with Gasteiger partial charge in [0.1, 0.15) is 0 Å². The van der Waals surface area contributed by atoms with Gasteiger partial charge in [-0.15, -0.1) is 5.10 Å². The lowest BCUT2D eigenvalue weighted by atomic mass is 10.1. The summed E-state index contributed by atoms with van der Waals surface area (Å²) in [6.07, 6.45) is 2.91. The van der Waals surface area contributed by atoms with Crippen LogP contribution in [0.5, 0.6) is 5.75 Å². The maximum absolute atomic E-state index is 13.4. The molecule has 1 N–H and O–H groups in total. The highest BCUT2D eigenvalue weighted by molar-refractivity contribution is 5.83. The fourth-order valence-electron chi connectivity index (χ4n) is 1.85. The topological polar surface area (TPSA) is 89.6 Å². The number of fused-ring (bicyclic) bond motifs is 1. The number of aromatic nitrogens is 4. The van der Waals surface area contributed by atoms with Crippen molar-refractivity contribution in [3.05, 3.63) is 42.2 Å². The first-order valence-corrected chi connectivity index (χ1v) is 5.88. The summed E-state index contributed by atoms with van der Waals surface area (Å²) in [5.41, 5.74) is 1.41. The quantitative estimate of drug-likeness (QED) is 0.788. The van der Waals surface area contributed by atoms with Crippen LogP contribution in [0.1, 0.15) is 10.6 Å². The van der Waals surface area contributed by atoms with Crippen LogP contribution >= 0.6 is 0 Å². The Labute approximate surface area is 117 Å². The second-order valence-corrected chi connectivity index (χ2v) is 4.17. The van der Waals surface area contributed by atoms with Gasteiger partial charge in [-0.25, -0.2) is 13.7 Å². The van der Waals surface area contributed by atoms with E-state index in [9.17, 15) is 9.18 Å². The predicted octanol–water partition coefficient (Wildman–Crippen LogP) is 1.64. The molecule has 3 rings (SSSR count). The standard InChI is InChI=1S/C13H9FN4O3/c1-21-10-4-7(2-3-8(10)14)9-6-18-11(5-15-9)16-12(17-18)13(19)20/h2-6H,1H3,(H,19,20). The Balaban J connectivity index is 2.10. The number of hydrogen-bond acceptors (Lipinski definition) is 5. The van der Waals surface area contributed by atoms with Gasteiger partial charge in [0.05, 0.1) is 25.2 Å². The highest BCUT2D eigenvalue weighted by Gasteiger charge is 2.12. The molecule has 21 heavy (non-hydrogen) atoms. The molecule has 0 atom stereocenters. The van der Waals surface area contributed by atoms with Crippen LogP contribution < -0.4 is 4.74 Å². The van der Waals surface area contributed by atoms with Gasteiger partial charge >= 0.3 is 5.97 Å². The summed E-state index contributed by atoms with van der Waals surface area (Å²) in [6.45, 7) is 0. The number of halogens is 1. The monoisotopic (exact) mass is 288 g/mol. The Bertz CT molecular complexity index is 847. The molecule has 2 heterocycles. The second kappa shape index (κ2) is 4.82. The highest BCUT2D eigenvalue weighted by Crippen LogP contribution is 2.24. The number of carbonyl (C=O) groups is 1. The van der Waals surface area contributed by atoms with E-state index in [1.165, 1.54) is 36.2 Å². The SMILES string of the molecule is COc1cc(-c2cn3nc(C(=O)O)nc3cn2)ccc1F. The van der Waals surface area contributed by atoms with Crippen molar-refractivity contribution < 1.29 is 19.0 Å². The molecular weight excluding hydrogens is 279 g/mol. The molecule has 2 aromatic heterocycles. The molecule has 0 radical (unpaired) electrons. The van der Waals surface area contributed by atoms with E-state index in [0.29, 0.717) is 16.9 Å². The molecule has 0 saturated heterocycles. The van der Waals surface area contributed by atoms with E-state index in [4.69, 9.17) is 9.84 Å². The number of hydrogen-bond donors (Lipinski definition) is 1. The van der Waals surface area contributed by atoms with Gasteiger partial charge in [0.15, 0.2) is 17.2 Å². The molecule has 0 saturated carbocycles. The molecule has 0 aliphatic carbocycles. The van der Waals surface area contributed by atoms with Crippen LogP contribution in [0.4, 0.5) is 4.39 Å². The van der Waals surface area contributed by atoms with Gasteiger partial charge in [0.25, 0.3) is 5.82 Å². The van der Waals surface area contributed by atoms with E-state index in [1.54, 1.807) is 6.07 Å². The third-order valence-corrected chi connectivity index (χ3v) is 2.86. The Morgan fingerprint density at radius 2 is 2.24 bits per heavy atom. The normalized spacial score (nSPS) is 10.8. The van der Waals surface area contributed by atoms with Gasteiger partial charge in [-0.05, 0) is 18.2 Å². The lowest BCUT2D eigenvalue weighted by molar-refractivity contribution is 0.0684. The molecule has 3 aromatic rings. The molecule has 0 bridgehead atoms. The van der Waals surface area contributed by atoms with E-state index < -0.39 is 11.8 Å². The number of nitrogens with zero attached hydrogens (tertiary/aromatic N) is 4. The first-order valence-electron chi connectivity index (χ1n) is 5.88. The van der Waals surface area contributed by atoms with Crippen molar-refractivity contribution in [3.63, 3.8) is 0 Å². The molecule has 7 nitrogen and oxygen atoms in total. The van der Waals surface area contributed by atoms with Crippen molar-refractivity contribution in [2.24, 2.45) is 0 Å². The second-order valence-electron chi connectivity index (χ2n) is 4.17. The van der Waals surface area contributed by atoms with Crippen LogP contribution in [0.3, 0.4) is 0 Å². The molecule has 8 heteroatoms. The highest BCUT2D eigenvalue weighted by atomic mass is 19.1. The molecule has 0 fully saturated rings. The number of benzene rings is 1. The summed E-state index contributed by atoms with van der Waals surface area (Å²) < 4.78 is 19.6. The minimum Gasteiger partial charge on any atom is -0.494 e. The summed E-state index contributed by atoms with van der Waals surface area (Å²) in [5.74, 6) is -1.91. The van der Waals surface area contributed by atoms with E-state index >= 15 is 0 Å². The minimum atomic E-state index is -1.22. The van der Waals surface area contributed by atoms with Crippen molar-refractivity contribution in [1.82, 2.24) is 19.6 Å². The lowest BCUT2D eigenvalue weighted by Gasteiger charge is -2.05. The number of carboxylic acid groups (broad SMARTS) is 1. The molecule has 0 amide bonds. The van der Waals surface area contributed by atoms with E-state index in [2.05, 4.69) is 15.1 Å². The summed E-state index contributed by atoms with van der Waals surface area (Å²) in [7, 11) is 1.37. The summed E-state index contributed by atoms with van der Waals surface area (Å²) in [4.78, 5) is 18.8. The van der Waals surface area contributed by atoms with Gasteiger partial charge in [0, 0.05) is 5.56 Å². The molecule has 1 aromatic carbocycles. The number of ether oxygens (including phenoxy) is 1. The molecular formula is C13H9FN4O3. The van der Waals surface area contributed by atoms with Crippen molar-refractivity contribution in [2.45, 2.75) is 0 Å². The van der Waals surface area contributed by atoms with Crippen molar-refractivity contribution >= 4 is 11.6 Å². The number of carboxylic acids is 1. The van der Waals surface area contributed by atoms with E-state index in [0.717, 1.165) is 0 Å². The zero-order chi connectivity index (χ0) is 15.0. The maximum atomic E-state index is 13.4. The summed E-state index contributed by atoms with van der Waals surface area (Å²) >= 11 is 0. The van der Waals surface area contributed by atoms with Crippen molar-refractivity contribution in [3.8, 4) is 17.0 Å². The Morgan fingerprint density at radius 1 is 1.43 bits per heavy atom. The van der Waals surface area contributed by atoms with Gasteiger partial charge in [0.2, 0.25) is 0 Å². The zero-order valence-corrected chi connectivity index (χ0v) is 10.8. The number of aromatic carboxylic acids is 1. The van der Waals surface area contributed by atoms with Crippen molar-refractivity contribution in [1.29, 1.82) is 0 Å². The third kappa shape index (κ3) is 2.27. The Hall–Kier alpha value is -3.03.